The van der Waals surface area contributed by atoms with E-state index in [9.17, 15) is 9.59 Å². The van der Waals surface area contributed by atoms with Crippen LogP contribution in [0.3, 0.4) is 0 Å². The molecule has 1 aliphatic carbocycles. The molecule has 2 fully saturated rings. The van der Waals surface area contributed by atoms with Crippen LogP contribution in [0.1, 0.15) is 24.8 Å². The molecule has 2 amide bonds. The number of hydrogen-bond acceptors (Lipinski definition) is 3. The quantitative estimate of drug-likeness (QED) is 0.863. The Labute approximate surface area is 152 Å². The zero-order valence-corrected chi connectivity index (χ0v) is 14.9. The van der Waals surface area contributed by atoms with E-state index in [1.54, 1.807) is 0 Å². The molecule has 2 N–H and O–H groups in total. The van der Waals surface area contributed by atoms with Crippen molar-refractivity contribution in [3.05, 3.63) is 36.0 Å². The zero-order valence-electron chi connectivity index (χ0n) is 14.9. The third-order valence-electron chi connectivity index (χ3n) is 5.58. The summed E-state index contributed by atoms with van der Waals surface area (Å²) in [5.74, 6) is 0.0338. The maximum absolute atomic E-state index is 13.1. The summed E-state index contributed by atoms with van der Waals surface area (Å²) in [6.45, 7) is 2.10. The van der Waals surface area contributed by atoms with Crippen LogP contribution in [-0.2, 0) is 20.7 Å². The molecule has 2 unspecified atom stereocenters. The van der Waals surface area contributed by atoms with Crippen molar-refractivity contribution < 1.29 is 14.3 Å². The molecule has 1 aromatic carbocycles. The van der Waals surface area contributed by atoms with Crippen molar-refractivity contribution in [2.75, 3.05) is 26.3 Å². The third-order valence-corrected chi connectivity index (χ3v) is 5.58. The van der Waals surface area contributed by atoms with E-state index < -0.39 is 0 Å². The summed E-state index contributed by atoms with van der Waals surface area (Å²) >= 11 is 0. The molecule has 1 aromatic heterocycles. The minimum Gasteiger partial charge on any atom is -0.378 e. The minimum atomic E-state index is -0.0972. The summed E-state index contributed by atoms with van der Waals surface area (Å²) in [6, 6.07) is 7.99. The number of carbonyl (C=O) groups is 2. The van der Waals surface area contributed by atoms with E-state index in [1.807, 2.05) is 35.4 Å². The van der Waals surface area contributed by atoms with E-state index in [4.69, 9.17) is 4.74 Å². The number of rotatable bonds is 2. The van der Waals surface area contributed by atoms with Gasteiger partial charge in [-0.25, -0.2) is 0 Å². The maximum atomic E-state index is 13.1. The van der Waals surface area contributed by atoms with Gasteiger partial charge in [-0.3, -0.25) is 9.59 Å². The Morgan fingerprint density at radius 2 is 2.12 bits per heavy atom. The smallest absolute Gasteiger partial charge is 0.227 e. The number of fused-ring (bicyclic) bond motifs is 2. The van der Waals surface area contributed by atoms with Gasteiger partial charge in [0.15, 0.2) is 0 Å². The van der Waals surface area contributed by atoms with Crippen LogP contribution < -0.4 is 5.32 Å². The Morgan fingerprint density at radius 1 is 1.23 bits per heavy atom. The van der Waals surface area contributed by atoms with Crippen LogP contribution in [0.5, 0.6) is 0 Å². The second-order valence-electron chi connectivity index (χ2n) is 7.13. The fourth-order valence-corrected chi connectivity index (χ4v) is 4.28. The number of carbonyl (C=O) groups excluding carboxylic acids is 2. The van der Waals surface area contributed by atoms with Gasteiger partial charge in [-0.1, -0.05) is 24.6 Å². The number of H-pyrrole nitrogens is 1. The van der Waals surface area contributed by atoms with Gasteiger partial charge in [0.1, 0.15) is 0 Å². The molecular formula is C20H25N3O3. The molecule has 26 heavy (non-hydrogen) atoms. The topological polar surface area (TPSA) is 74.4 Å². The van der Waals surface area contributed by atoms with E-state index >= 15 is 0 Å². The highest BCUT2D eigenvalue weighted by Crippen LogP contribution is 2.31. The molecule has 0 radical (unpaired) electrons. The highest BCUT2D eigenvalue weighted by atomic mass is 16.5. The third kappa shape index (κ3) is 3.33. The van der Waals surface area contributed by atoms with E-state index in [-0.39, 0.29) is 23.8 Å². The molecule has 1 saturated carbocycles. The Hall–Kier alpha value is -2.34. The number of nitrogens with zero attached hydrogens (tertiary/aromatic N) is 1. The largest absolute Gasteiger partial charge is 0.378 e. The van der Waals surface area contributed by atoms with Gasteiger partial charge in [0, 0.05) is 36.2 Å². The van der Waals surface area contributed by atoms with Crippen LogP contribution >= 0.6 is 0 Å². The average Bonchev–Trinajstić information content (AvgIpc) is 3.28. The van der Waals surface area contributed by atoms with Gasteiger partial charge in [0.2, 0.25) is 11.8 Å². The van der Waals surface area contributed by atoms with Gasteiger partial charge in [-0.15, -0.1) is 0 Å². The van der Waals surface area contributed by atoms with Crippen molar-refractivity contribution >= 4 is 22.7 Å². The maximum Gasteiger partial charge on any atom is 0.227 e. The SMILES string of the molecule is O=C1NCCOCCN(C(=O)Cc2c[nH]c3ccccc23)C2CCCC12. The molecular weight excluding hydrogens is 330 g/mol. The second-order valence-corrected chi connectivity index (χ2v) is 7.13. The van der Waals surface area contributed by atoms with Crippen LogP contribution in [-0.4, -0.2) is 54.0 Å². The molecule has 4 rings (SSSR count). The van der Waals surface area contributed by atoms with Crippen LogP contribution in [0.4, 0.5) is 0 Å². The molecule has 0 spiro atoms. The summed E-state index contributed by atoms with van der Waals surface area (Å²) in [6.07, 6.45) is 4.99. The van der Waals surface area contributed by atoms with Crippen molar-refractivity contribution in [2.45, 2.75) is 31.7 Å². The van der Waals surface area contributed by atoms with Gasteiger partial charge in [0.05, 0.1) is 25.6 Å². The Bertz CT molecular complexity index is 800. The molecule has 2 heterocycles. The number of benzene rings is 1. The van der Waals surface area contributed by atoms with Gasteiger partial charge in [-0.05, 0) is 24.5 Å². The molecule has 6 nitrogen and oxygen atoms in total. The minimum absolute atomic E-state index is 0.0191. The lowest BCUT2D eigenvalue weighted by molar-refractivity contribution is -0.137. The molecule has 2 aromatic rings. The number of amides is 2. The van der Waals surface area contributed by atoms with Crippen molar-refractivity contribution in [1.29, 1.82) is 0 Å². The molecule has 2 atom stereocenters. The first kappa shape index (κ1) is 17.1. The summed E-state index contributed by atoms with van der Waals surface area (Å²) in [5, 5.41) is 4.03. The number of hydrogen-bond donors (Lipinski definition) is 2. The molecule has 0 bridgehead atoms. The average molecular weight is 355 g/mol. The Balaban J connectivity index is 1.56. The standard InChI is InChI=1S/C20H25N3O3/c24-19(12-14-13-22-17-6-2-1-4-15(14)17)23-9-11-26-10-8-21-20(25)16-5-3-7-18(16)23/h1-2,4,6,13,16,18,22H,3,5,7-12H2,(H,21,25). The molecule has 6 heteroatoms. The van der Waals surface area contributed by atoms with Crippen LogP contribution in [0.25, 0.3) is 10.9 Å². The molecule has 138 valence electrons. The van der Waals surface area contributed by atoms with Crippen LogP contribution in [0.15, 0.2) is 30.5 Å². The van der Waals surface area contributed by atoms with Gasteiger partial charge in [-0.2, -0.15) is 0 Å². The normalized spacial score (nSPS) is 24.3. The lowest BCUT2D eigenvalue weighted by atomic mass is 9.99. The summed E-state index contributed by atoms with van der Waals surface area (Å²) in [7, 11) is 0. The number of aromatic amines is 1. The fraction of sp³-hybridized carbons (Fsp3) is 0.500. The predicted molar refractivity (Wildman–Crippen MR) is 98.7 cm³/mol. The number of aromatic nitrogens is 1. The van der Waals surface area contributed by atoms with Gasteiger partial charge >= 0.3 is 0 Å². The van der Waals surface area contributed by atoms with E-state index in [0.717, 1.165) is 35.7 Å². The Morgan fingerprint density at radius 3 is 3.04 bits per heavy atom. The van der Waals surface area contributed by atoms with Gasteiger partial charge in [0.25, 0.3) is 0 Å². The first-order valence-corrected chi connectivity index (χ1v) is 9.44. The van der Waals surface area contributed by atoms with E-state index in [2.05, 4.69) is 10.3 Å². The summed E-state index contributed by atoms with van der Waals surface area (Å²) < 4.78 is 5.58. The van der Waals surface area contributed by atoms with Crippen molar-refractivity contribution in [3.63, 3.8) is 0 Å². The monoisotopic (exact) mass is 355 g/mol. The lowest BCUT2D eigenvalue weighted by Gasteiger charge is -2.33. The van der Waals surface area contributed by atoms with Crippen molar-refractivity contribution in [1.82, 2.24) is 15.2 Å². The number of para-hydroxylation sites is 1. The zero-order chi connectivity index (χ0) is 17.9. The molecule has 1 aliphatic heterocycles. The fourth-order valence-electron chi connectivity index (χ4n) is 4.28. The number of ether oxygens (including phenoxy) is 1. The van der Waals surface area contributed by atoms with Crippen LogP contribution in [0, 0.1) is 5.92 Å². The highest BCUT2D eigenvalue weighted by Gasteiger charge is 2.38. The van der Waals surface area contributed by atoms with Crippen LogP contribution in [0.2, 0.25) is 0 Å². The van der Waals surface area contributed by atoms with Crippen molar-refractivity contribution in [2.24, 2.45) is 5.92 Å². The molecule has 1 saturated heterocycles. The lowest BCUT2D eigenvalue weighted by Crippen LogP contribution is -2.50. The molecule has 2 aliphatic rings. The van der Waals surface area contributed by atoms with Gasteiger partial charge < -0.3 is 19.9 Å². The predicted octanol–water partition coefficient (Wildman–Crippen LogP) is 1.85. The highest BCUT2D eigenvalue weighted by molar-refractivity contribution is 5.89. The van der Waals surface area contributed by atoms with Crippen molar-refractivity contribution in [3.8, 4) is 0 Å². The Kier molecular flexibility index (Phi) is 4.93. The first-order valence-electron chi connectivity index (χ1n) is 9.44. The number of nitrogens with one attached hydrogen (secondary N) is 2. The summed E-state index contributed by atoms with van der Waals surface area (Å²) in [4.78, 5) is 30.7. The first-order chi connectivity index (χ1) is 12.7. The second kappa shape index (κ2) is 7.50. The van der Waals surface area contributed by atoms with E-state index in [0.29, 0.717) is 32.7 Å². The summed E-state index contributed by atoms with van der Waals surface area (Å²) in [5.41, 5.74) is 2.04. The van der Waals surface area contributed by atoms with E-state index in [1.165, 1.54) is 0 Å².